The number of nitriles is 1. The lowest BCUT2D eigenvalue weighted by Gasteiger charge is -2.23. The Morgan fingerprint density at radius 2 is 1.76 bits per heavy atom. The third-order valence-corrected chi connectivity index (χ3v) is 7.68. The molecule has 38 heavy (non-hydrogen) atoms. The Balaban J connectivity index is 1.60. The van der Waals surface area contributed by atoms with E-state index in [2.05, 4.69) is 11.9 Å². The van der Waals surface area contributed by atoms with Crippen molar-refractivity contribution in [3.05, 3.63) is 105 Å². The van der Waals surface area contributed by atoms with Gasteiger partial charge in [-0.15, -0.1) is 29.8 Å². The first-order valence-electron chi connectivity index (χ1n) is 11.0. The van der Waals surface area contributed by atoms with Gasteiger partial charge in [0, 0.05) is 28.2 Å². The van der Waals surface area contributed by atoms with E-state index in [1.54, 1.807) is 18.2 Å². The van der Waals surface area contributed by atoms with Gasteiger partial charge in [0.1, 0.15) is 16.2 Å². The molecular weight excluding hydrogens is 595 g/mol. The highest BCUT2D eigenvalue weighted by Gasteiger charge is 2.67. The number of benzene rings is 3. The second kappa shape index (κ2) is 11.1. The van der Waals surface area contributed by atoms with Crippen LogP contribution < -0.4 is 10.2 Å². The summed E-state index contributed by atoms with van der Waals surface area (Å²) in [5.74, 6) is -3.06. The Kier molecular flexibility index (Phi) is 8.27. The van der Waals surface area contributed by atoms with Gasteiger partial charge in [-0.1, -0.05) is 40.9 Å². The molecule has 11 heteroatoms. The maximum atomic E-state index is 13.7. The first kappa shape index (κ1) is 28.2. The molecule has 0 aromatic heterocycles. The van der Waals surface area contributed by atoms with Crippen LogP contribution >= 0.6 is 58.0 Å². The van der Waals surface area contributed by atoms with Crippen molar-refractivity contribution in [3.63, 3.8) is 0 Å². The normalized spacial score (nSPS) is 17.3. The van der Waals surface area contributed by atoms with Crippen LogP contribution in [0.4, 0.5) is 15.8 Å². The van der Waals surface area contributed by atoms with E-state index >= 15 is 0 Å². The van der Waals surface area contributed by atoms with Crippen LogP contribution in [0.1, 0.15) is 27.4 Å². The van der Waals surface area contributed by atoms with E-state index in [1.165, 1.54) is 35.2 Å². The monoisotopic (exact) mass is 609 g/mol. The lowest BCUT2D eigenvalue weighted by Crippen LogP contribution is -2.32. The lowest BCUT2D eigenvalue weighted by atomic mass is 10.1. The number of nitrogens with zero attached hydrogens (tertiary/aromatic N) is 2. The van der Waals surface area contributed by atoms with Gasteiger partial charge in [0.05, 0.1) is 27.8 Å². The summed E-state index contributed by atoms with van der Waals surface area (Å²) in [6.45, 7) is 3.67. The molecule has 4 rings (SSSR count). The van der Waals surface area contributed by atoms with Crippen molar-refractivity contribution >= 4 is 81.2 Å². The minimum Gasteiger partial charge on any atom is -0.326 e. The molecule has 1 aliphatic rings. The smallest absolute Gasteiger partial charge is 0.260 e. The van der Waals surface area contributed by atoms with E-state index in [-0.39, 0.29) is 34.1 Å². The van der Waals surface area contributed by atoms with E-state index in [0.717, 1.165) is 12.1 Å². The van der Waals surface area contributed by atoms with Crippen LogP contribution in [0.15, 0.2) is 67.3 Å². The van der Waals surface area contributed by atoms with Crippen molar-refractivity contribution in [2.45, 2.75) is 10.3 Å². The number of anilines is 2. The number of amides is 2. The molecule has 0 bridgehead atoms. The molecule has 1 saturated carbocycles. The molecule has 0 spiro atoms. The van der Waals surface area contributed by atoms with Crippen molar-refractivity contribution in [1.29, 1.82) is 5.26 Å². The van der Waals surface area contributed by atoms with Crippen LogP contribution in [-0.2, 0) is 4.79 Å². The molecule has 194 valence electrons. The van der Waals surface area contributed by atoms with Crippen molar-refractivity contribution in [2.75, 3.05) is 16.8 Å². The van der Waals surface area contributed by atoms with Gasteiger partial charge in [-0.3, -0.25) is 9.59 Å². The summed E-state index contributed by atoms with van der Waals surface area (Å²) in [5, 5.41) is 13.0. The molecule has 0 saturated heterocycles. The minimum absolute atomic E-state index is 0.0129. The zero-order valence-corrected chi connectivity index (χ0v) is 23.1. The number of rotatable bonds is 7. The number of carbonyl (C=O) groups excluding carboxylic acids is 2. The summed E-state index contributed by atoms with van der Waals surface area (Å²) >= 11 is 31.4. The van der Waals surface area contributed by atoms with Crippen molar-refractivity contribution in [3.8, 4) is 6.07 Å². The largest absolute Gasteiger partial charge is 0.326 e. The fraction of sp³-hybridized carbons (Fsp3) is 0.148. The van der Waals surface area contributed by atoms with Crippen molar-refractivity contribution in [2.24, 2.45) is 5.92 Å². The Bertz CT molecular complexity index is 1480. The zero-order chi connectivity index (χ0) is 27.8. The van der Waals surface area contributed by atoms with Crippen LogP contribution in [0.3, 0.4) is 0 Å². The number of hydrogen-bond acceptors (Lipinski definition) is 3. The number of hydrogen-bond donors (Lipinski definition) is 1. The average Bonchev–Trinajstić information content (AvgIpc) is 3.45. The minimum atomic E-state index is -1.39. The Morgan fingerprint density at radius 1 is 1.08 bits per heavy atom. The molecule has 1 fully saturated rings. The third-order valence-electron chi connectivity index (χ3n) is 5.97. The number of alkyl halides is 2. The maximum absolute atomic E-state index is 13.7. The van der Waals surface area contributed by atoms with Gasteiger partial charge in [-0.2, -0.15) is 5.26 Å². The molecule has 2 amide bonds. The highest BCUT2D eigenvalue weighted by molar-refractivity contribution is 6.53. The fourth-order valence-electron chi connectivity index (χ4n) is 4.21. The molecule has 0 aliphatic heterocycles. The summed E-state index contributed by atoms with van der Waals surface area (Å²) < 4.78 is 12.3. The molecule has 1 N–H and O–H groups in total. The van der Waals surface area contributed by atoms with Crippen LogP contribution in [0, 0.1) is 23.1 Å². The first-order chi connectivity index (χ1) is 18.0. The van der Waals surface area contributed by atoms with E-state index in [0.29, 0.717) is 15.6 Å². The van der Waals surface area contributed by atoms with Crippen molar-refractivity contribution in [1.82, 2.24) is 0 Å². The highest BCUT2D eigenvalue weighted by atomic mass is 35.5. The molecule has 3 aromatic carbocycles. The topological polar surface area (TPSA) is 73.2 Å². The van der Waals surface area contributed by atoms with E-state index in [1.807, 2.05) is 6.07 Å². The number of nitrogens with one attached hydrogen (secondary N) is 1. The standard InChI is InChI=1S/C27H17Cl5FN3O2/c1-2-7-36(22-6-3-18(33)10-15(22)13-34)26(38)20-12-19(4-5-21(20)30)35-25(37)24-23(27(24,31)32)14-8-16(28)11-17(29)9-14/h2-6,8-12,23-24H,1,7H2,(H,35,37). The van der Waals surface area contributed by atoms with Gasteiger partial charge >= 0.3 is 0 Å². The number of carbonyl (C=O) groups is 2. The second-order valence-corrected chi connectivity index (χ2v) is 11.2. The Hall–Kier alpha value is -2.79. The summed E-state index contributed by atoms with van der Waals surface area (Å²) in [6.07, 6.45) is 1.46. The molecule has 0 radical (unpaired) electrons. The van der Waals surface area contributed by atoms with Gasteiger partial charge < -0.3 is 10.2 Å². The van der Waals surface area contributed by atoms with Crippen molar-refractivity contribution < 1.29 is 14.0 Å². The van der Waals surface area contributed by atoms with Gasteiger partial charge in [0.25, 0.3) is 5.91 Å². The SMILES string of the molecule is C=CCN(C(=O)c1cc(NC(=O)C2C(c3cc(Cl)cc(Cl)c3)C2(Cl)Cl)ccc1Cl)c1ccc(F)cc1C#N. The zero-order valence-electron chi connectivity index (χ0n) is 19.3. The molecule has 5 nitrogen and oxygen atoms in total. The van der Waals surface area contributed by atoms with E-state index in [9.17, 15) is 19.2 Å². The average molecular weight is 612 g/mol. The number of halogens is 6. The Labute approximate surface area is 243 Å². The van der Waals surface area contributed by atoms with E-state index in [4.69, 9.17) is 58.0 Å². The van der Waals surface area contributed by atoms with Gasteiger partial charge in [-0.25, -0.2) is 4.39 Å². The molecule has 2 unspecified atom stereocenters. The molecule has 0 heterocycles. The second-order valence-electron chi connectivity index (χ2n) is 8.49. The quantitative estimate of drug-likeness (QED) is 0.217. The predicted octanol–water partition coefficient (Wildman–Crippen LogP) is 8.02. The van der Waals surface area contributed by atoms with Gasteiger partial charge in [-0.05, 0) is 60.2 Å². The molecule has 2 atom stereocenters. The lowest BCUT2D eigenvalue weighted by molar-refractivity contribution is -0.117. The first-order valence-corrected chi connectivity index (χ1v) is 12.9. The fourth-order valence-corrected chi connectivity index (χ4v) is 5.78. The third kappa shape index (κ3) is 5.63. The molecule has 3 aromatic rings. The predicted molar refractivity (Wildman–Crippen MR) is 150 cm³/mol. The maximum Gasteiger partial charge on any atom is 0.260 e. The molecule has 1 aliphatic carbocycles. The van der Waals surface area contributed by atoms with Crippen LogP contribution in [-0.4, -0.2) is 22.7 Å². The highest BCUT2D eigenvalue weighted by Crippen LogP contribution is 2.65. The van der Waals surface area contributed by atoms with E-state index < -0.39 is 33.8 Å². The van der Waals surface area contributed by atoms with Crippen LogP contribution in [0.25, 0.3) is 0 Å². The van der Waals surface area contributed by atoms with Gasteiger partial charge in [0.2, 0.25) is 5.91 Å². The van der Waals surface area contributed by atoms with Crippen LogP contribution in [0.5, 0.6) is 0 Å². The summed E-state index contributed by atoms with van der Waals surface area (Å²) in [7, 11) is 0. The summed E-state index contributed by atoms with van der Waals surface area (Å²) in [5.41, 5.74) is 1.06. The van der Waals surface area contributed by atoms with Crippen LogP contribution in [0.2, 0.25) is 15.1 Å². The molecular formula is C27H17Cl5FN3O2. The Morgan fingerprint density at radius 3 is 2.39 bits per heavy atom. The summed E-state index contributed by atoms with van der Waals surface area (Å²) in [4.78, 5) is 27.9. The van der Waals surface area contributed by atoms with Gasteiger partial charge in [0.15, 0.2) is 0 Å². The summed E-state index contributed by atoms with van der Waals surface area (Å²) in [6, 6.07) is 14.6.